The van der Waals surface area contributed by atoms with Crippen molar-refractivity contribution in [3.63, 3.8) is 0 Å². The number of hydrogen-bond donors (Lipinski definition) is 1. The summed E-state index contributed by atoms with van der Waals surface area (Å²) in [7, 11) is 1.24. The van der Waals surface area contributed by atoms with Crippen LogP contribution in [0.4, 0.5) is 8.78 Å². The van der Waals surface area contributed by atoms with E-state index in [1.54, 1.807) is 0 Å². The lowest BCUT2D eigenvalue weighted by Crippen LogP contribution is -2.23. The van der Waals surface area contributed by atoms with Crippen LogP contribution in [0.15, 0.2) is 30.5 Å². The number of nitrogens with zero attached hydrogens (tertiary/aromatic N) is 1. The maximum absolute atomic E-state index is 11.9. The van der Waals surface area contributed by atoms with Crippen LogP contribution in [0.5, 0.6) is 5.88 Å². The molecule has 108 valence electrons. The van der Waals surface area contributed by atoms with Gasteiger partial charge in [0.15, 0.2) is 0 Å². The molecule has 0 bridgehead atoms. The topological polar surface area (TPSA) is 77.5 Å². The zero-order valence-electron chi connectivity index (χ0n) is 10.5. The van der Waals surface area contributed by atoms with Crippen molar-refractivity contribution in [3.05, 3.63) is 36.0 Å². The third-order valence-electron chi connectivity index (χ3n) is 2.04. The van der Waals surface area contributed by atoms with E-state index in [4.69, 9.17) is 0 Å². The van der Waals surface area contributed by atoms with Gasteiger partial charge in [-0.3, -0.25) is 4.79 Å². The van der Waals surface area contributed by atoms with E-state index in [1.807, 2.05) is 0 Å². The fourth-order valence-corrected chi connectivity index (χ4v) is 1.15. The predicted octanol–water partition coefficient (Wildman–Crippen LogP) is 1.14. The van der Waals surface area contributed by atoms with Gasteiger partial charge in [-0.05, 0) is 6.07 Å². The number of aromatic nitrogens is 1. The summed E-state index contributed by atoms with van der Waals surface area (Å²) in [5.41, 5.74) is 0.179. The number of methoxy groups -OCH3 is 1. The minimum absolute atomic E-state index is 0.114. The van der Waals surface area contributed by atoms with Gasteiger partial charge in [-0.1, -0.05) is 6.08 Å². The molecule has 0 saturated heterocycles. The molecule has 1 rings (SSSR count). The average Bonchev–Trinajstić information content (AvgIpc) is 2.43. The molecule has 6 nitrogen and oxygen atoms in total. The van der Waals surface area contributed by atoms with Gasteiger partial charge in [0.05, 0.1) is 12.7 Å². The summed E-state index contributed by atoms with van der Waals surface area (Å²) in [4.78, 5) is 25.9. The van der Waals surface area contributed by atoms with Gasteiger partial charge in [0.1, 0.15) is 0 Å². The summed E-state index contributed by atoms with van der Waals surface area (Å²) < 4.78 is 32.2. The number of ether oxygens (including phenoxy) is 2. The maximum Gasteiger partial charge on any atom is 0.388 e. The molecular weight excluding hydrogens is 274 g/mol. The second kappa shape index (κ2) is 7.82. The lowest BCUT2D eigenvalue weighted by Gasteiger charge is -2.04. The van der Waals surface area contributed by atoms with Crippen molar-refractivity contribution in [3.8, 4) is 5.88 Å². The van der Waals surface area contributed by atoms with Crippen LogP contribution in [-0.2, 0) is 9.53 Å². The van der Waals surface area contributed by atoms with E-state index in [2.05, 4.69) is 19.8 Å². The highest BCUT2D eigenvalue weighted by Crippen LogP contribution is 2.10. The van der Waals surface area contributed by atoms with Crippen molar-refractivity contribution in [2.75, 3.05) is 13.7 Å². The normalized spacial score (nSPS) is 10.6. The zero-order valence-corrected chi connectivity index (χ0v) is 10.5. The van der Waals surface area contributed by atoms with E-state index in [9.17, 15) is 18.4 Å². The van der Waals surface area contributed by atoms with Crippen molar-refractivity contribution >= 4 is 11.9 Å². The Balaban J connectivity index is 2.47. The Hall–Kier alpha value is -2.51. The third kappa shape index (κ3) is 5.42. The van der Waals surface area contributed by atoms with E-state index < -0.39 is 18.5 Å². The SMILES string of the molecule is COC(=O)/C=C/CNC(=O)c1ccc(OC(F)F)nc1. The molecule has 0 fully saturated rings. The van der Waals surface area contributed by atoms with Gasteiger partial charge in [0.2, 0.25) is 5.88 Å². The molecule has 1 N–H and O–H groups in total. The van der Waals surface area contributed by atoms with Crippen molar-refractivity contribution in [2.45, 2.75) is 6.61 Å². The number of esters is 1. The van der Waals surface area contributed by atoms with Gasteiger partial charge in [0, 0.05) is 24.9 Å². The molecule has 0 unspecified atom stereocenters. The Labute approximate surface area is 113 Å². The predicted molar refractivity (Wildman–Crippen MR) is 64.4 cm³/mol. The molecule has 0 spiro atoms. The van der Waals surface area contributed by atoms with Gasteiger partial charge < -0.3 is 14.8 Å². The van der Waals surface area contributed by atoms with Crippen LogP contribution >= 0.6 is 0 Å². The van der Waals surface area contributed by atoms with Crippen molar-refractivity contribution in [1.29, 1.82) is 0 Å². The van der Waals surface area contributed by atoms with E-state index in [1.165, 1.54) is 19.3 Å². The third-order valence-corrected chi connectivity index (χ3v) is 2.04. The number of nitrogens with one attached hydrogen (secondary N) is 1. The van der Waals surface area contributed by atoms with E-state index in [0.717, 1.165) is 18.3 Å². The lowest BCUT2D eigenvalue weighted by atomic mass is 10.2. The van der Waals surface area contributed by atoms with Crippen LogP contribution in [0.2, 0.25) is 0 Å². The second-order valence-electron chi connectivity index (χ2n) is 3.40. The molecule has 0 saturated carbocycles. The van der Waals surface area contributed by atoms with Gasteiger partial charge >= 0.3 is 12.6 Å². The fraction of sp³-hybridized carbons (Fsp3) is 0.250. The second-order valence-corrected chi connectivity index (χ2v) is 3.40. The highest BCUT2D eigenvalue weighted by Gasteiger charge is 2.08. The Morgan fingerprint density at radius 1 is 1.45 bits per heavy atom. The molecule has 0 aromatic carbocycles. The summed E-state index contributed by atoms with van der Waals surface area (Å²) >= 11 is 0. The number of carbonyl (C=O) groups excluding carboxylic acids is 2. The summed E-state index contributed by atoms with van der Waals surface area (Å²) in [6, 6.07) is 2.45. The highest BCUT2D eigenvalue weighted by molar-refractivity contribution is 5.94. The molecule has 0 aliphatic carbocycles. The lowest BCUT2D eigenvalue weighted by molar-refractivity contribution is -0.134. The molecule has 1 aromatic heterocycles. The molecule has 0 atom stereocenters. The van der Waals surface area contributed by atoms with Crippen LogP contribution < -0.4 is 10.1 Å². The molecule has 0 aliphatic heterocycles. The van der Waals surface area contributed by atoms with E-state index in [0.29, 0.717) is 0 Å². The Kier molecular flexibility index (Phi) is 6.08. The number of carbonyl (C=O) groups is 2. The summed E-state index contributed by atoms with van der Waals surface area (Å²) in [5, 5.41) is 2.48. The number of amides is 1. The fourth-order valence-electron chi connectivity index (χ4n) is 1.15. The monoisotopic (exact) mass is 286 g/mol. The van der Waals surface area contributed by atoms with E-state index in [-0.39, 0.29) is 18.0 Å². The van der Waals surface area contributed by atoms with E-state index >= 15 is 0 Å². The molecule has 20 heavy (non-hydrogen) atoms. The van der Waals surface area contributed by atoms with Crippen LogP contribution in [0.25, 0.3) is 0 Å². The van der Waals surface area contributed by atoms with Crippen LogP contribution in [-0.4, -0.2) is 37.1 Å². The van der Waals surface area contributed by atoms with Gasteiger partial charge in [-0.25, -0.2) is 9.78 Å². The van der Waals surface area contributed by atoms with Crippen molar-refractivity contribution in [1.82, 2.24) is 10.3 Å². The van der Waals surface area contributed by atoms with Crippen LogP contribution in [0, 0.1) is 0 Å². The smallest absolute Gasteiger partial charge is 0.388 e. The Morgan fingerprint density at radius 2 is 2.20 bits per heavy atom. The number of hydrogen-bond acceptors (Lipinski definition) is 5. The first-order valence-corrected chi connectivity index (χ1v) is 5.46. The first kappa shape index (κ1) is 15.5. The molecule has 0 aliphatic rings. The first-order valence-electron chi connectivity index (χ1n) is 5.46. The largest absolute Gasteiger partial charge is 0.466 e. The van der Waals surface area contributed by atoms with Gasteiger partial charge in [-0.15, -0.1) is 0 Å². The minimum Gasteiger partial charge on any atom is -0.466 e. The quantitative estimate of drug-likeness (QED) is 0.627. The van der Waals surface area contributed by atoms with Crippen LogP contribution in [0.3, 0.4) is 0 Å². The molecule has 1 heterocycles. The molecule has 1 aromatic rings. The number of halogens is 2. The van der Waals surface area contributed by atoms with Gasteiger partial charge in [0.25, 0.3) is 5.91 Å². The number of alkyl halides is 2. The Bertz CT molecular complexity index is 489. The summed E-state index contributed by atoms with van der Waals surface area (Å²) in [6.07, 6.45) is 3.68. The average molecular weight is 286 g/mol. The van der Waals surface area contributed by atoms with Crippen molar-refractivity contribution < 1.29 is 27.8 Å². The zero-order chi connectivity index (χ0) is 15.0. The summed E-state index contributed by atoms with van der Waals surface area (Å²) in [5.74, 6) is -1.27. The molecule has 0 radical (unpaired) electrons. The Morgan fingerprint density at radius 3 is 2.75 bits per heavy atom. The molecule has 8 heteroatoms. The maximum atomic E-state index is 11.9. The molecule has 1 amide bonds. The number of pyridine rings is 1. The van der Waals surface area contributed by atoms with Crippen molar-refractivity contribution in [2.24, 2.45) is 0 Å². The first-order chi connectivity index (χ1) is 9.52. The summed E-state index contributed by atoms with van der Waals surface area (Å²) in [6.45, 7) is -2.85. The number of rotatable bonds is 6. The highest BCUT2D eigenvalue weighted by atomic mass is 19.3. The standard InChI is InChI=1S/C12H12F2N2O4/c1-19-10(17)3-2-6-15-11(18)8-4-5-9(16-7-8)20-12(13)14/h2-5,7,12H,6H2,1H3,(H,15,18)/b3-2+. The minimum atomic E-state index is -2.97. The van der Waals surface area contributed by atoms with Crippen LogP contribution in [0.1, 0.15) is 10.4 Å². The van der Waals surface area contributed by atoms with Gasteiger partial charge in [-0.2, -0.15) is 8.78 Å². The molecular formula is C12H12F2N2O4.